The number of thiazole rings is 1. The monoisotopic (exact) mass is 433 g/mol. The second-order valence-electron chi connectivity index (χ2n) is 5.48. The first-order valence-electron chi connectivity index (χ1n) is 7.99. The summed E-state index contributed by atoms with van der Waals surface area (Å²) in [5.74, 6) is 0. The maximum Gasteiger partial charge on any atom is 0.195 e. The molecular formula is C19H13Cl2N3OS2. The van der Waals surface area contributed by atoms with Gasteiger partial charge in [-0.25, -0.2) is 4.98 Å². The van der Waals surface area contributed by atoms with Gasteiger partial charge in [-0.1, -0.05) is 64.4 Å². The van der Waals surface area contributed by atoms with E-state index in [0.717, 1.165) is 20.6 Å². The van der Waals surface area contributed by atoms with Crippen LogP contribution in [0.25, 0.3) is 4.96 Å². The lowest BCUT2D eigenvalue weighted by Crippen LogP contribution is -1.94. The number of hydrogen-bond acceptors (Lipinski definition) is 5. The van der Waals surface area contributed by atoms with Gasteiger partial charge in [-0.15, -0.1) is 11.3 Å². The van der Waals surface area contributed by atoms with Gasteiger partial charge in [-0.05, 0) is 24.3 Å². The molecule has 0 aliphatic carbocycles. The lowest BCUT2D eigenvalue weighted by atomic mass is 10.2. The summed E-state index contributed by atoms with van der Waals surface area (Å²) in [6, 6.07) is 15.4. The molecule has 2 heterocycles. The SMILES string of the molecule is Clc1cccc(Cl)c1CO/N=C/c1c(Sc2ccccc2)nc2sccn12. The van der Waals surface area contributed by atoms with Gasteiger partial charge in [-0.2, -0.15) is 0 Å². The number of halogens is 2. The largest absolute Gasteiger partial charge is 0.391 e. The highest BCUT2D eigenvalue weighted by Gasteiger charge is 2.13. The molecule has 0 saturated heterocycles. The van der Waals surface area contributed by atoms with E-state index in [9.17, 15) is 0 Å². The first-order chi connectivity index (χ1) is 13.2. The fourth-order valence-corrected chi connectivity index (χ4v) is 4.62. The average Bonchev–Trinajstić information content (AvgIpc) is 3.23. The van der Waals surface area contributed by atoms with Crippen molar-refractivity contribution in [1.82, 2.24) is 9.38 Å². The minimum Gasteiger partial charge on any atom is -0.391 e. The van der Waals surface area contributed by atoms with Crippen LogP contribution in [0.5, 0.6) is 0 Å². The quantitative estimate of drug-likeness (QED) is 0.260. The molecule has 2 aromatic heterocycles. The Morgan fingerprint density at radius 1 is 1.11 bits per heavy atom. The van der Waals surface area contributed by atoms with Crippen LogP contribution in [0.2, 0.25) is 10.0 Å². The van der Waals surface area contributed by atoms with Gasteiger partial charge in [0.25, 0.3) is 0 Å². The Balaban J connectivity index is 1.55. The Labute approximate surface area is 174 Å². The maximum absolute atomic E-state index is 6.15. The molecular weight excluding hydrogens is 421 g/mol. The zero-order chi connectivity index (χ0) is 18.6. The van der Waals surface area contributed by atoms with Crippen LogP contribution in [0.3, 0.4) is 0 Å². The topological polar surface area (TPSA) is 38.9 Å². The van der Waals surface area contributed by atoms with Crippen molar-refractivity contribution >= 4 is 57.5 Å². The highest BCUT2D eigenvalue weighted by molar-refractivity contribution is 7.99. The molecule has 0 amide bonds. The molecule has 0 unspecified atom stereocenters. The van der Waals surface area contributed by atoms with Gasteiger partial charge in [0.2, 0.25) is 0 Å². The maximum atomic E-state index is 6.15. The third-order valence-electron chi connectivity index (χ3n) is 3.74. The first-order valence-corrected chi connectivity index (χ1v) is 10.4. The highest BCUT2D eigenvalue weighted by atomic mass is 35.5. The molecule has 4 rings (SSSR count). The van der Waals surface area contributed by atoms with Gasteiger partial charge < -0.3 is 4.84 Å². The number of hydrogen-bond donors (Lipinski definition) is 0. The fraction of sp³-hybridized carbons (Fsp3) is 0.0526. The minimum absolute atomic E-state index is 0.196. The average molecular weight is 434 g/mol. The summed E-state index contributed by atoms with van der Waals surface area (Å²) in [4.78, 5) is 12.1. The van der Waals surface area contributed by atoms with Crippen molar-refractivity contribution < 1.29 is 4.84 Å². The Bertz CT molecular complexity index is 1070. The molecule has 0 aliphatic heterocycles. The Morgan fingerprint density at radius 2 is 1.89 bits per heavy atom. The Morgan fingerprint density at radius 3 is 2.67 bits per heavy atom. The number of rotatable bonds is 6. The fourth-order valence-electron chi connectivity index (χ4n) is 2.44. The van der Waals surface area contributed by atoms with Crippen LogP contribution in [0.15, 0.2) is 75.2 Å². The molecule has 8 heteroatoms. The second-order valence-corrected chi connectivity index (χ2v) is 8.23. The van der Waals surface area contributed by atoms with Crippen LogP contribution in [0.4, 0.5) is 0 Å². The number of aromatic nitrogens is 2. The highest BCUT2D eigenvalue weighted by Crippen LogP contribution is 2.31. The van der Waals surface area contributed by atoms with E-state index >= 15 is 0 Å². The number of oxime groups is 1. The van der Waals surface area contributed by atoms with E-state index in [1.54, 1.807) is 47.5 Å². The van der Waals surface area contributed by atoms with Gasteiger partial charge in [-0.3, -0.25) is 4.40 Å². The predicted octanol–water partition coefficient (Wildman–Crippen LogP) is 6.40. The summed E-state index contributed by atoms with van der Waals surface area (Å²) in [7, 11) is 0. The van der Waals surface area contributed by atoms with E-state index < -0.39 is 0 Å². The number of benzene rings is 2. The zero-order valence-electron chi connectivity index (χ0n) is 13.9. The van der Waals surface area contributed by atoms with E-state index in [4.69, 9.17) is 28.0 Å². The molecule has 136 valence electrons. The molecule has 0 saturated carbocycles. The third-order valence-corrected chi connectivity index (χ3v) is 6.21. The lowest BCUT2D eigenvalue weighted by Gasteiger charge is -2.05. The van der Waals surface area contributed by atoms with Crippen LogP contribution in [0, 0.1) is 0 Å². The Kier molecular flexibility index (Phi) is 5.69. The van der Waals surface area contributed by atoms with Crippen LogP contribution >= 0.6 is 46.3 Å². The second kappa shape index (κ2) is 8.35. The van der Waals surface area contributed by atoms with Crippen LogP contribution < -0.4 is 0 Å². The van der Waals surface area contributed by atoms with Gasteiger partial charge in [0.05, 0.1) is 6.21 Å². The molecule has 4 aromatic rings. The third kappa shape index (κ3) is 4.14. The molecule has 4 nitrogen and oxygen atoms in total. The normalized spacial score (nSPS) is 11.5. The molecule has 0 fully saturated rings. The summed E-state index contributed by atoms with van der Waals surface area (Å²) in [5, 5.41) is 8.09. The molecule has 0 aliphatic rings. The lowest BCUT2D eigenvalue weighted by molar-refractivity contribution is 0.132. The van der Waals surface area contributed by atoms with Crippen molar-refractivity contribution in [3.05, 3.63) is 81.4 Å². The summed E-state index contributed by atoms with van der Waals surface area (Å²) in [6.07, 6.45) is 3.64. The molecule has 0 spiro atoms. The zero-order valence-corrected chi connectivity index (χ0v) is 17.0. The van der Waals surface area contributed by atoms with Crippen molar-refractivity contribution in [2.75, 3.05) is 0 Å². The van der Waals surface area contributed by atoms with Crippen LogP contribution in [-0.2, 0) is 11.4 Å². The van der Waals surface area contributed by atoms with Crippen molar-refractivity contribution in [3.63, 3.8) is 0 Å². The van der Waals surface area contributed by atoms with E-state index in [2.05, 4.69) is 22.3 Å². The molecule has 27 heavy (non-hydrogen) atoms. The molecule has 0 atom stereocenters. The predicted molar refractivity (Wildman–Crippen MR) is 112 cm³/mol. The summed E-state index contributed by atoms with van der Waals surface area (Å²) in [5.41, 5.74) is 1.58. The van der Waals surface area contributed by atoms with E-state index in [1.807, 2.05) is 34.2 Å². The molecule has 0 bridgehead atoms. The number of fused-ring (bicyclic) bond motifs is 1. The van der Waals surface area contributed by atoms with E-state index in [0.29, 0.717) is 15.6 Å². The van der Waals surface area contributed by atoms with Gasteiger partial charge in [0, 0.05) is 32.1 Å². The van der Waals surface area contributed by atoms with Crippen molar-refractivity contribution in [3.8, 4) is 0 Å². The van der Waals surface area contributed by atoms with E-state index in [1.165, 1.54) is 0 Å². The van der Waals surface area contributed by atoms with Gasteiger partial charge in [0.1, 0.15) is 17.3 Å². The van der Waals surface area contributed by atoms with Crippen LogP contribution in [0.1, 0.15) is 11.3 Å². The molecule has 0 N–H and O–H groups in total. The van der Waals surface area contributed by atoms with Crippen LogP contribution in [-0.4, -0.2) is 15.6 Å². The van der Waals surface area contributed by atoms with Gasteiger partial charge in [0.15, 0.2) is 4.96 Å². The Hall–Kier alpha value is -1.99. The number of nitrogens with zero attached hydrogens (tertiary/aromatic N) is 3. The number of imidazole rings is 1. The van der Waals surface area contributed by atoms with Crippen molar-refractivity contribution in [2.45, 2.75) is 16.5 Å². The summed E-state index contributed by atoms with van der Waals surface area (Å²) >= 11 is 15.5. The van der Waals surface area contributed by atoms with Crippen molar-refractivity contribution in [2.24, 2.45) is 5.16 Å². The summed E-state index contributed by atoms with van der Waals surface area (Å²) in [6.45, 7) is 0.196. The van der Waals surface area contributed by atoms with Crippen molar-refractivity contribution in [1.29, 1.82) is 0 Å². The molecule has 2 aromatic carbocycles. The smallest absolute Gasteiger partial charge is 0.195 e. The standard InChI is InChI=1S/C19H13Cl2N3OS2/c20-15-7-4-8-16(21)14(15)12-25-22-11-17-18(23-19-24(17)9-10-26-19)27-13-5-2-1-3-6-13/h1-11H,12H2/b22-11+. The first kappa shape index (κ1) is 18.4. The minimum atomic E-state index is 0.196. The molecule has 0 radical (unpaired) electrons. The van der Waals surface area contributed by atoms with E-state index in [-0.39, 0.29) is 6.61 Å². The van der Waals surface area contributed by atoms with Gasteiger partial charge >= 0.3 is 0 Å². The summed E-state index contributed by atoms with van der Waals surface area (Å²) < 4.78 is 1.99.